The third-order valence-electron chi connectivity index (χ3n) is 4.08. The monoisotopic (exact) mass is 364 g/mol. The minimum absolute atomic E-state index is 0.0595. The second-order valence-corrected chi connectivity index (χ2v) is 6.07. The number of hydrogen-bond donors (Lipinski definition) is 1. The molecule has 0 saturated carbocycles. The largest absolute Gasteiger partial charge is 0.477 e. The van der Waals surface area contributed by atoms with E-state index in [4.69, 9.17) is 19.2 Å². The first-order valence-electron chi connectivity index (χ1n) is 8.31. The summed E-state index contributed by atoms with van der Waals surface area (Å²) in [7, 11) is 0. The number of aromatic carboxylic acids is 1. The highest BCUT2D eigenvalue weighted by Crippen LogP contribution is 2.37. The van der Waals surface area contributed by atoms with Gasteiger partial charge >= 0.3 is 5.97 Å². The first-order valence-corrected chi connectivity index (χ1v) is 8.31. The summed E-state index contributed by atoms with van der Waals surface area (Å²) in [5.41, 5.74) is 1.92. The molecule has 0 radical (unpaired) electrons. The average molecular weight is 364 g/mol. The van der Waals surface area contributed by atoms with Crippen molar-refractivity contribution in [2.75, 3.05) is 0 Å². The van der Waals surface area contributed by atoms with Gasteiger partial charge in [0.15, 0.2) is 5.75 Å². The van der Waals surface area contributed by atoms with Gasteiger partial charge in [0.1, 0.15) is 35.2 Å². The van der Waals surface area contributed by atoms with E-state index in [1.165, 1.54) is 0 Å². The molecule has 4 rings (SSSR count). The Hall–Kier alpha value is -3.51. The average Bonchev–Trinajstić information content (AvgIpc) is 3.11. The molecule has 0 bridgehead atoms. The Morgan fingerprint density at radius 1 is 0.963 bits per heavy atom. The van der Waals surface area contributed by atoms with E-state index >= 15 is 0 Å². The number of rotatable bonds is 5. The van der Waals surface area contributed by atoms with E-state index in [9.17, 15) is 9.90 Å². The van der Waals surface area contributed by atoms with Gasteiger partial charge in [-0.05, 0) is 43.3 Å². The van der Waals surface area contributed by atoms with Crippen molar-refractivity contribution in [2.45, 2.75) is 13.5 Å². The van der Waals surface area contributed by atoms with Crippen LogP contribution in [-0.4, -0.2) is 11.1 Å². The predicted molar refractivity (Wildman–Crippen MR) is 96.6 cm³/mol. The summed E-state index contributed by atoms with van der Waals surface area (Å²) >= 11 is 0. The lowest BCUT2D eigenvalue weighted by Gasteiger charge is -2.14. The second kappa shape index (κ2) is 7.01. The highest BCUT2D eigenvalue weighted by atomic mass is 17.2. The van der Waals surface area contributed by atoms with Gasteiger partial charge in [0.2, 0.25) is 0 Å². The Balaban J connectivity index is 1.66. The van der Waals surface area contributed by atoms with Gasteiger partial charge in [0.05, 0.1) is 0 Å². The number of carboxylic acid groups (broad SMARTS) is 1. The van der Waals surface area contributed by atoms with E-state index in [-0.39, 0.29) is 17.1 Å². The number of carbonyl (C=O) groups is 1. The summed E-state index contributed by atoms with van der Waals surface area (Å²) in [6.07, 6.45) is 0. The standard InChI is InChI=1S/C21H16O6/c1-13-5-8-15(9-6-13)25-17-3-2-4-18(20(17)21(22)23)26-16-10-7-14-12-24-27-19(14)11-16/h2-11H,12H2,1H3,(H,22,23). The zero-order valence-corrected chi connectivity index (χ0v) is 14.5. The fourth-order valence-corrected chi connectivity index (χ4v) is 2.70. The first-order chi connectivity index (χ1) is 13.1. The third kappa shape index (κ3) is 3.56. The number of ether oxygens (including phenoxy) is 2. The van der Waals surface area contributed by atoms with Crippen LogP contribution in [0.3, 0.4) is 0 Å². The van der Waals surface area contributed by atoms with Crippen LogP contribution in [0.1, 0.15) is 21.5 Å². The van der Waals surface area contributed by atoms with Crippen molar-refractivity contribution in [3.63, 3.8) is 0 Å². The SMILES string of the molecule is Cc1ccc(Oc2cccc(Oc3ccc4c(c3)OOC4)c2C(=O)O)cc1. The Morgan fingerprint density at radius 2 is 1.63 bits per heavy atom. The van der Waals surface area contributed by atoms with Crippen LogP contribution in [-0.2, 0) is 11.5 Å². The molecule has 1 aliphatic heterocycles. The maximum atomic E-state index is 11.9. The van der Waals surface area contributed by atoms with Crippen LogP contribution >= 0.6 is 0 Å². The van der Waals surface area contributed by atoms with Crippen LogP contribution in [0.15, 0.2) is 60.7 Å². The first kappa shape index (κ1) is 16.9. The van der Waals surface area contributed by atoms with Crippen molar-refractivity contribution in [1.29, 1.82) is 0 Å². The molecule has 6 heteroatoms. The van der Waals surface area contributed by atoms with Gasteiger partial charge in [-0.3, -0.25) is 0 Å². The topological polar surface area (TPSA) is 74.2 Å². The lowest BCUT2D eigenvalue weighted by atomic mass is 10.1. The van der Waals surface area contributed by atoms with Crippen molar-refractivity contribution >= 4 is 5.97 Å². The maximum absolute atomic E-state index is 11.9. The lowest BCUT2D eigenvalue weighted by molar-refractivity contribution is -0.194. The van der Waals surface area contributed by atoms with Gasteiger partial charge < -0.3 is 19.5 Å². The molecule has 0 amide bonds. The van der Waals surface area contributed by atoms with Crippen LogP contribution in [0.2, 0.25) is 0 Å². The van der Waals surface area contributed by atoms with E-state index in [2.05, 4.69) is 0 Å². The molecule has 0 aliphatic carbocycles. The summed E-state index contributed by atoms with van der Waals surface area (Å²) in [6, 6.07) is 17.4. The molecule has 6 nitrogen and oxygen atoms in total. The number of hydrogen-bond acceptors (Lipinski definition) is 5. The van der Waals surface area contributed by atoms with Gasteiger partial charge in [-0.2, -0.15) is 4.89 Å². The Bertz CT molecular complexity index is 994. The van der Waals surface area contributed by atoms with Crippen LogP contribution in [0.25, 0.3) is 0 Å². The Labute approximate surface area is 155 Å². The van der Waals surface area contributed by atoms with E-state index < -0.39 is 5.97 Å². The molecule has 27 heavy (non-hydrogen) atoms. The van der Waals surface area contributed by atoms with Gasteiger partial charge in [0.25, 0.3) is 0 Å². The van der Waals surface area contributed by atoms with Crippen LogP contribution < -0.4 is 14.4 Å². The van der Waals surface area contributed by atoms with Crippen molar-refractivity contribution < 1.29 is 29.1 Å². The smallest absolute Gasteiger partial charge is 0.343 e. The fraction of sp³-hybridized carbons (Fsp3) is 0.0952. The van der Waals surface area contributed by atoms with Crippen LogP contribution in [0.5, 0.6) is 28.7 Å². The zero-order valence-electron chi connectivity index (χ0n) is 14.5. The maximum Gasteiger partial charge on any atom is 0.343 e. The molecule has 3 aromatic carbocycles. The highest BCUT2D eigenvalue weighted by molar-refractivity contribution is 5.94. The minimum atomic E-state index is -1.14. The molecule has 0 unspecified atom stereocenters. The molecule has 0 aromatic heterocycles. The fourth-order valence-electron chi connectivity index (χ4n) is 2.70. The molecule has 0 saturated heterocycles. The summed E-state index contributed by atoms with van der Waals surface area (Å²) in [5.74, 6) is 0.762. The van der Waals surface area contributed by atoms with E-state index in [0.717, 1.165) is 11.1 Å². The predicted octanol–water partition coefficient (Wildman–Crippen LogP) is 5.10. The molecule has 0 atom stereocenters. The second-order valence-electron chi connectivity index (χ2n) is 6.07. The van der Waals surface area contributed by atoms with Crippen LogP contribution in [0, 0.1) is 6.92 Å². The molecule has 3 aromatic rings. The third-order valence-corrected chi connectivity index (χ3v) is 4.08. The van der Waals surface area contributed by atoms with E-state index in [1.807, 2.05) is 25.1 Å². The molecule has 0 spiro atoms. The van der Waals surface area contributed by atoms with Gasteiger partial charge in [-0.25, -0.2) is 4.79 Å². The molecule has 1 aliphatic rings. The minimum Gasteiger partial charge on any atom is -0.477 e. The normalized spacial score (nSPS) is 12.2. The summed E-state index contributed by atoms with van der Waals surface area (Å²) < 4.78 is 11.6. The Morgan fingerprint density at radius 3 is 2.33 bits per heavy atom. The summed E-state index contributed by atoms with van der Waals surface area (Å²) in [5, 5.41) is 9.70. The summed E-state index contributed by atoms with van der Waals surface area (Å²) in [4.78, 5) is 21.8. The van der Waals surface area contributed by atoms with E-state index in [1.54, 1.807) is 42.5 Å². The Kier molecular flexibility index (Phi) is 4.40. The molecule has 136 valence electrons. The molecule has 1 N–H and O–H groups in total. The van der Waals surface area contributed by atoms with Crippen molar-refractivity contribution in [2.24, 2.45) is 0 Å². The molecule has 1 heterocycles. The number of aryl methyl sites for hydroxylation is 1. The van der Waals surface area contributed by atoms with Crippen LogP contribution in [0.4, 0.5) is 0 Å². The van der Waals surface area contributed by atoms with Gasteiger partial charge in [0, 0.05) is 11.6 Å². The van der Waals surface area contributed by atoms with Crippen molar-refractivity contribution in [1.82, 2.24) is 0 Å². The lowest BCUT2D eigenvalue weighted by Crippen LogP contribution is -2.03. The van der Waals surface area contributed by atoms with E-state index in [0.29, 0.717) is 23.9 Å². The molecular weight excluding hydrogens is 348 g/mol. The number of carboxylic acids is 1. The van der Waals surface area contributed by atoms with Gasteiger partial charge in [-0.15, -0.1) is 0 Å². The summed E-state index contributed by atoms with van der Waals surface area (Å²) in [6.45, 7) is 2.34. The van der Waals surface area contributed by atoms with Crippen molar-refractivity contribution in [3.05, 3.63) is 77.4 Å². The molecular formula is C21H16O6. The number of benzene rings is 3. The molecule has 0 fully saturated rings. The quantitative estimate of drug-likeness (QED) is 0.635. The number of fused-ring (bicyclic) bond motifs is 1. The van der Waals surface area contributed by atoms with Crippen molar-refractivity contribution in [3.8, 4) is 28.7 Å². The highest BCUT2D eigenvalue weighted by Gasteiger charge is 2.21. The van der Waals surface area contributed by atoms with Gasteiger partial charge in [-0.1, -0.05) is 23.8 Å². The zero-order chi connectivity index (χ0) is 18.8.